The topological polar surface area (TPSA) is 61.8 Å². The predicted molar refractivity (Wildman–Crippen MR) is 78.3 cm³/mol. The largest absolute Gasteiger partial charge is 0.430 e. The monoisotopic (exact) mass is 386 g/mol. The van der Waals surface area contributed by atoms with Gasteiger partial charge in [-0.3, -0.25) is 4.79 Å². The number of anilines is 1. The third-order valence-electron chi connectivity index (χ3n) is 3.93. The number of morpholine rings is 1. The van der Waals surface area contributed by atoms with E-state index >= 15 is 0 Å². The summed E-state index contributed by atoms with van der Waals surface area (Å²) in [5, 5.41) is 11.9. The summed E-state index contributed by atoms with van der Waals surface area (Å²) in [6.45, 7) is 1.43. The average Bonchev–Trinajstić information content (AvgIpc) is 2.58. The molecule has 0 radical (unpaired) electrons. The van der Waals surface area contributed by atoms with Gasteiger partial charge in [-0.1, -0.05) is 12.1 Å². The first-order valence-electron chi connectivity index (χ1n) is 7.52. The minimum atomic E-state index is -5.94. The van der Waals surface area contributed by atoms with Crippen molar-refractivity contribution in [3.05, 3.63) is 29.8 Å². The van der Waals surface area contributed by atoms with Crippen LogP contribution in [0, 0.1) is 0 Å². The van der Waals surface area contributed by atoms with E-state index in [2.05, 4.69) is 5.32 Å². The van der Waals surface area contributed by atoms with Crippen LogP contribution in [0.3, 0.4) is 0 Å². The van der Waals surface area contributed by atoms with Gasteiger partial charge in [0.05, 0.1) is 19.8 Å². The van der Waals surface area contributed by atoms with E-state index in [9.17, 15) is 36.2 Å². The third kappa shape index (κ3) is 4.04. The molecule has 5 nitrogen and oxygen atoms in total. The van der Waals surface area contributed by atoms with Crippen molar-refractivity contribution in [1.82, 2.24) is 4.90 Å². The van der Waals surface area contributed by atoms with Gasteiger partial charge in [0.2, 0.25) is 5.91 Å². The summed E-state index contributed by atoms with van der Waals surface area (Å²) < 4.78 is 81.9. The van der Waals surface area contributed by atoms with E-state index in [4.69, 9.17) is 4.74 Å². The summed E-state index contributed by atoms with van der Waals surface area (Å²) in [5.41, 5.74) is -6.19. The van der Waals surface area contributed by atoms with Gasteiger partial charge < -0.3 is 20.1 Å². The maximum atomic E-state index is 12.8. The van der Waals surface area contributed by atoms with E-state index in [-0.39, 0.29) is 18.1 Å². The number of benzene rings is 1. The van der Waals surface area contributed by atoms with Crippen LogP contribution in [0.15, 0.2) is 24.3 Å². The third-order valence-corrected chi connectivity index (χ3v) is 3.93. The molecular weight excluding hydrogens is 370 g/mol. The molecule has 1 aliphatic heterocycles. The fraction of sp³-hybridized carbons (Fsp3) is 0.533. The Bertz CT molecular complexity index is 610. The van der Waals surface area contributed by atoms with Crippen LogP contribution >= 0.6 is 0 Å². The first kappa shape index (κ1) is 20.3. The second kappa shape index (κ2) is 7.31. The van der Waals surface area contributed by atoms with Crippen LogP contribution in [-0.2, 0) is 15.1 Å². The van der Waals surface area contributed by atoms with Crippen LogP contribution in [0.4, 0.5) is 32.0 Å². The molecule has 0 bridgehead atoms. The summed E-state index contributed by atoms with van der Waals surface area (Å²) in [7, 11) is 0. The fourth-order valence-electron chi connectivity index (χ4n) is 2.42. The van der Waals surface area contributed by atoms with E-state index in [1.807, 2.05) is 0 Å². The van der Waals surface area contributed by atoms with Gasteiger partial charge in [0, 0.05) is 24.3 Å². The van der Waals surface area contributed by atoms with Crippen LogP contribution in [0.5, 0.6) is 0 Å². The normalized spacial score (nSPS) is 16.5. The smallest absolute Gasteiger partial charge is 0.378 e. The predicted octanol–water partition coefficient (Wildman–Crippen LogP) is 2.27. The SMILES string of the molecule is O=C(CNc1ccc(C(O)(C(F)(F)F)C(F)(F)F)cc1)N1CCOCC1. The Morgan fingerprint density at radius 1 is 1.04 bits per heavy atom. The molecule has 2 rings (SSSR count). The molecule has 11 heteroatoms. The second-order valence-electron chi connectivity index (χ2n) is 5.63. The lowest BCUT2D eigenvalue weighted by Crippen LogP contribution is -2.53. The molecule has 0 aromatic heterocycles. The highest BCUT2D eigenvalue weighted by atomic mass is 19.4. The average molecular weight is 386 g/mol. The Hall–Kier alpha value is -2.01. The van der Waals surface area contributed by atoms with E-state index in [1.54, 1.807) is 0 Å². The lowest BCUT2D eigenvalue weighted by atomic mass is 9.92. The van der Waals surface area contributed by atoms with Crippen molar-refractivity contribution < 1.29 is 41.0 Å². The van der Waals surface area contributed by atoms with Gasteiger partial charge in [-0.25, -0.2) is 0 Å². The highest BCUT2D eigenvalue weighted by Crippen LogP contribution is 2.50. The number of amides is 1. The van der Waals surface area contributed by atoms with Crippen molar-refractivity contribution in [2.75, 3.05) is 38.2 Å². The first-order valence-corrected chi connectivity index (χ1v) is 7.52. The molecule has 1 heterocycles. The summed E-state index contributed by atoms with van der Waals surface area (Å²) in [4.78, 5) is 13.5. The Morgan fingerprint density at radius 3 is 2.00 bits per heavy atom. The van der Waals surface area contributed by atoms with Crippen LogP contribution < -0.4 is 5.32 Å². The van der Waals surface area contributed by atoms with Gasteiger partial charge in [0.1, 0.15) is 0 Å². The van der Waals surface area contributed by atoms with Crippen molar-refractivity contribution in [2.45, 2.75) is 18.0 Å². The first-order chi connectivity index (χ1) is 12.0. The minimum absolute atomic E-state index is 0.141. The number of nitrogens with zero attached hydrogens (tertiary/aromatic N) is 1. The summed E-state index contributed by atoms with van der Waals surface area (Å²) in [6, 6.07) is 2.90. The summed E-state index contributed by atoms with van der Waals surface area (Å²) in [6.07, 6.45) is -11.9. The Morgan fingerprint density at radius 2 is 1.54 bits per heavy atom. The molecule has 1 amide bonds. The Labute approximate surface area is 144 Å². The fourth-order valence-corrected chi connectivity index (χ4v) is 2.42. The molecule has 0 spiro atoms. The van der Waals surface area contributed by atoms with E-state index in [0.717, 1.165) is 12.1 Å². The second-order valence-corrected chi connectivity index (χ2v) is 5.63. The highest BCUT2D eigenvalue weighted by Gasteiger charge is 2.71. The molecule has 1 aromatic carbocycles. The molecular formula is C15H16F6N2O3. The quantitative estimate of drug-likeness (QED) is 0.780. The molecule has 0 saturated carbocycles. The van der Waals surface area contributed by atoms with Crippen molar-refractivity contribution >= 4 is 11.6 Å². The van der Waals surface area contributed by atoms with E-state index in [0.29, 0.717) is 38.4 Å². The zero-order valence-corrected chi connectivity index (χ0v) is 13.3. The van der Waals surface area contributed by atoms with E-state index in [1.165, 1.54) is 4.90 Å². The number of hydrogen-bond donors (Lipinski definition) is 2. The number of aliphatic hydroxyl groups is 1. The minimum Gasteiger partial charge on any atom is -0.378 e. The maximum absolute atomic E-state index is 12.8. The van der Waals surface area contributed by atoms with Crippen LogP contribution in [-0.4, -0.2) is 61.1 Å². The zero-order valence-electron chi connectivity index (χ0n) is 13.3. The van der Waals surface area contributed by atoms with Crippen LogP contribution in [0.1, 0.15) is 5.56 Å². The molecule has 0 unspecified atom stereocenters. The van der Waals surface area contributed by atoms with Crippen LogP contribution in [0.2, 0.25) is 0 Å². The highest BCUT2D eigenvalue weighted by molar-refractivity contribution is 5.81. The van der Waals surface area contributed by atoms with Gasteiger partial charge >= 0.3 is 12.4 Å². The van der Waals surface area contributed by atoms with Gasteiger partial charge in [-0.2, -0.15) is 26.3 Å². The zero-order chi connectivity index (χ0) is 19.6. The molecule has 0 aliphatic carbocycles. The molecule has 0 atom stereocenters. The molecule has 1 aromatic rings. The number of nitrogens with one attached hydrogen (secondary N) is 1. The Kier molecular flexibility index (Phi) is 5.71. The molecule has 2 N–H and O–H groups in total. The van der Waals surface area contributed by atoms with Crippen molar-refractivity contribution in [2.24, 2.45) is 0 Å². The number of carbonyl (C=O) groups excluding carboxylic acids is 1. The number of carbonyl (C=O) groups is 1. The lowest BCUT2D eigenvalue weighted by Gasteiger charge is -2.32. The van der Waals surface area contributed by atoms with Gasteiger partial charge in [0.25, 0.3) is 5.60 Å². The van der Waals surface area contributed by atoms with E-state index < -0.39 is 23.5 Å². The standard InChI is InChI=1S/C15H16F6N2O3/c16-14(17,18)13(25,15(19,20)21)10-1-3-11(4-2-10)22-9-12(24)23-5-7-26-8-6-23/h1-4,22,25H,5-9H2. The van der Waals surface area contributed by atoms with Crippen LogP contribution in [0.25, 0.3) is 0 Å². The van der Waals surface area contributed by atoms with Gasteiger partial charge in [-0.05, 0) is 12.1 Å². The number of alkyl halides is 6. The van der Waals surface area contributed by atoms with Crippen molar-refractivity contribution in [1.29, 1.82) is 0 Å². The van der Waals surface area contributed by atoms with Crippen molar-refractivity contribution in [3.8, 4) is 0 Å². The number of halogens is 6. The lowest BCUT2D eigenvalue weighted by molar-refractivity contribution is -0.376. The number of ether oxygens (including phenoxy) is 1. The molecule has 146 valence electrons. The molecule has 26 heavy (non-hydrogen) atoms. The van der Waals surface area contributed by atoms with Gasteiger partial charge in [0.15, 0.2) is 0 Å². The maximum Gasteiger partial charge on any atom is 0.430 e. The molecule has 1 saturated heterocycles. The number of hydrogen-bond acceptors (Lipinski definition) is 4. The number of rotatable bonds is 4. The van der Waals surface area contributed by atoms with Crippen molar-refractivity contribution in [3.63, 3.8) is 0 Å². The Balaban J connectivity index is 2.08. The molecule has 1 fully saturated rings. The molecule has 1 aliphatic rings. The van der Waals surface area contributed by atoms with Gasteiger partial charge in [-0.15, -0.1) is 0 Å². The summed E-state index contributed by atoms with van der Waals surface area (Å²) >= 11 is 0. The summed E-state index contributed by atoms with van der Waals surface area (Å²) in [5.74, 6) is -0.278.